The molecule has 3 heterocycles. The molecule has 2 aromatic heterocycles. The third-order valence-corrected chi connectivity index (χ3v) is 7.71. The van der Waals surface area contributed by atoms with Crippen molar-refractivity contribution < 1.29 is 17.6 Å². The van der Waals surface area contributed by atoms with Crippen LogP contribution >= 0.6 is 11.3 Å². The van der Waals surface area contributed by atoms with Gasteiger partial charge in [0.1, 0.15) is 5.58 Å². The van der Waals surface area contributed by atoms with Gasteiger partial charge in [-0.3, -0.25) is 4.79 Å². The number of hydrogen-bond acceptors (Lipinski definition) is 5. The zero-order valence-electron chi connectivity index (χ0n) is 15.3. The van der Waals surface area contributed by atoms with Gasteiger partial charge in [0.2, 0.25) is 0 Å². The minimum Gasteiger partial charge on any atom is -0.451 e. The predicted molar refractivity (Wildman–Crippen MR) is 107 cm³/mol. The first-order valence-electron chi connectivity index (χ1n) is 8.87. The van der Waals surface area contributed by atoms with E-state index in [9.17, 15) is 13.2 Å². The highest BCUT2D eigenvalue weighted by Gasteiger charge is 2.36. The number of carbonyl (C=O) groups excluding carboxylic acids is 1. The molecule has 142 valence electrons. The molecule has 0 saturated carbocycles. The topological polar surface area (TPSA) is 67.6 Å². The molecule has 0 aliphatic carbocycles. The fraction of sp³-hybridized carbons (Fsp3) is 0.350. The second kappa shape index (κ2) is 6.80. The van der Waals surface area contributed by atoms with Crippen LogP contribution < -0.4 is 0 Å². The van der Waals surface area contributed by atoms with Gasteiger partial charge in [-0.25, -0.2) is 8.42 Å². The second-order valence-corrected chi connectivity index (χ2v) is 10.4. The summed E-state index contributed by atoms with van der Waals surface area (Å²) in [5.41, 5.74) is 2.58. The van der Waals surface area contributed by atoms with Gasteiger partial charge in [-0.1, -0.05) is 17.7 Å². The normalized spacial score (nSPS) is 18.8. The van der Waals surface area contributed by atoms with Gasteiger partial charge in [0.05, 0.1) is 18.1 Å². The van der Waals surface area contributed by atoms with Gasteiger partial charge in [0.25, 0.3) is 5.91 Å². The number of carbonyl (C=O) groups is 1. The largest absolute Gasteiger partial charge is 0.451 e. The van der Waals surface area contributed by atoms with Crippen LogP contribution in [0.2, 0.25) is 0 Å². The molecular weight excluding hydrogens is 382 g/mol. The highest BCUT2D eigenvalue weighted by Crippen LogP contribution is 2.30. The molecule has 1 aromatic carbocycles. The Balaban J connectivity index is 1.73. The molecule has 1 fully saturated rings. The first-order valence-corrected chi connectivity index (χ1v) is 11.6. The van der Waals surface area contributed by atoms with Crippen molar-refractivity contribution in [2.24, 2.45) is 0 Å². The Morgan fingerprint density at radius 3 is 2.78 bits per heavy atom. The Hall–Kier alpha value is -2.12. The van der Waals surface area contributed by atoms with Crippen LogP contribution in [0, 0.1) is 13.8 Å². The molecule has 0 radical (unpaired) electrons. The Labute approximate surface area is 162 Å². The summed E-state index contributed by atoms with van der Waals surface area (Å²) >= 11 is 1.56. The fourth-order valence-electron chi connectivity index (χ4n) is 3.63. The number of rotatable bonds is 4. The SMILES string of the molecule is Cc1ccc2oc(C(=O)N(Cc3cccs3)[C@H]3CCS(=O)(=O)C3)c(C)c2c1. The lowest BCUT2D eigenvalue weighted by Gasteiger charge is -2.27. The summed E-state index contributed by atoms with van der Waals surface area (Å²) in [5.74, 6) is 0.209. The van der Waals surface area contributed by atoms with E-state index in [0.717, 1.165) is 21.4 Å². The van der Waals surface area contributed by atoms with E-state index in [1.165, 1.54) is 0 Å². The summed E-state index contributed by atoms with van der Waals surface area (Å²) in [4.78, 5) is 16.1. The molecule has 5 nitrogen and oxygen atoms in total. The summed E-state index contributed by atoms with van der Waals surface area (Å²) in [6.07, 6.45) is 0.470. The third kappa shape index (κ3) is 3.53. The van der Waals surface area contributed by atoms with Crippen molar-refractivity contribution in [2.75, 3.05) is 11.5 Å². The van der Waals surface area contributed by atoms with Crippen molar-refractivity contribution in [3.63, 3.8) is 0 Å². The Morgan fingerprint density at radius 2 is 2.11 bits per heavy atom. The predicted octanol–water partition coefficient (Wildman–Crippen LogP) is 3.94. The Bertz CT molecular complexity index is 1100. The molecule has 0 N–H and O–H groups in total. The van der Waals surface area contributed by atoms with Crippen LogP contribution in [-0.2, 0) is 16.4 Å². The van der Waals surface area contributed by atoms with Crippen molar-refractivity contribution in [3.8, 4) is 0 Å². The van der Waals surface area contributed by atoms with Crippen molar-refractivity contribution in [1.82, 2.24) is 4.90 Å². The van der Waals surface area contributed by atoms with Gasteiger partial charge in [-0.05, 0) is 43.8 Å². The van der Waals surface area contributed by atoms with Crippen LogP contribution in [0.25, 0.3) is 11.0 Å². The van der Waals surface area contributed by atoms with Crippen molar-refractivity contribution in [2.45, 2.75) is 32.9 Å². The van der Waals surface area contributed by atoms with Crippen LogP contribution in [0.15, 0.2) is 40.1 Å². The van der Waals surface area contributed by atoms with Crippen LogP contribution in [0.3, 0.4) is 0 Å². The minimum absolute atomic E-state index is 0.0164. The smallest absolute Gasteiger partial charge is 0.290 e. The number of nitrogens with zero attached hydrogens (tertiary/aromatic N) is 1. The van der Waals surface area contributed by atoms with Gasteiger partial charge < -0.3 is 9.32 Å². The maximum Gasteiger partial charge on any atom is 0.290 e. The van der Waals surface area contributed by atoms with E-state index in [4.69, 9.17) is 4.42 Å². The lowest BCUT2D eigenvalue weighted by atomic mass is 10.1. The Morgan fingerprint density at radius 1 is 1.30 bits per heavy atom. The average Bonchev–Trinajstić information content (AvgIpc) is 3.33. The molecule has 1 saturated heterocycles. The maximum absolute atomic E-state index is 13.4. The average molecular weight is 404 g/mol. The van der Waals surface area contributed by atoms with E-state index < -0.39 is 9.84 Å². The van der Waals surface area contributed by atoms with Gasteiger partial charge in [0, 0.05) is 21.9 Å². The molecule has 7 heteroatoms. The summed E-state index contributed by atoms with van der Waals surface area (Å²) in [6.45, 7) is 4.28. The highest BCUT2D eigenvalue weighted by molar-refractivity contribution is 7.91. The minimum atomic E-state index is -3.10. The first-order chi connectivity index (χ1) is 12.8. The zero-order chi connectivity index (χ0) is 19.2. The first kappa shape index (κ1) is 18.3. The quantitative estimate of drug-likeness (QED) is 0.662. The lowest BCUT2D eigenvalue weighted by Crippen LogP contribution is -2.40. The summed E-state index contributed by atoms with van der Waals surface area (Å²) < 4.78 is 29.9. The van der Waals surface area contributed by atoms with E-state index in [2.05, 4.69) is 0 Å². The van der Waals surface area contributed by atoms with Gasteiger partial charge >= 0.3 is 0 Å². The number of aryl methyl sites for hydroxylation is 2. The lowest BCUT2D eigenvalue weighted by molar-refractivity contribution is 0.0651. The monoisotopic (exact) mass is 403 g/mol. The van der Waals surface area contributed by atoms with E-state index in [-0.39, 0.29) is 23.5 Å². The number of hydrogen-bond donors (Lipinski definition) is 0. The Kier molecular flexibility index (Phi) is 4.60. The van der Waals surface area contributed by atoms with Crippen LogP contribution in [0.4, 0.5) is 0 Å². The number of thiophene rings is 1. The third-order valence-electron chi connectivity index (χ3n) is 5.10. The molecule has 0 bridgehead atoms. The van der Waals surface area contributed by atoms with Crippen molar-refractivity contribution in [1.29, 1.82) is 0 Å². The van der Waals surface area contributed by atoms with E-state index in [0.29, 0.717) is 24.3 Å². The van der Waals surface area contributed by atoms with Crippen molar-refractivity contribution in [3.05, 3.63) is 57.5 Å². The molecular formula is C20H21NO4S2. The van der Waals surface area contributed by atoms with Crippen LogP contribution in [0.1, 0.15) is 33.0 Å². The highest BCUT2D eigenvalue weighted by atomic mass is 32.2. The van der Waals surface area contributed by atoms with Crippen LogP contribution in [-0.4, -0.2) is 36.8 Å². The molecule has 3 aromatic rings. The van der Waals surface area contributed by atoms with Crippen LogP contribution in [0.5, 0.6) is 0 Å². The molecule has 1 amide bonds. The summed E-state index contributed by atoms with van der Waals surface area (Å²) in [7, 11) is -3.10. The van der Waals surface area contributed by atoms with E-state index in [1.54, 1.807) is 16.2 Å². The molecule has 1 atom stereocenters. The van der Waals surface area contributed by atoms with E-state index >= 15 is 0 Å². The second-order valence-electron chi connectivity index (χ2n) is 7.13. The number of furan rings is 1. The molecule has 1 aliphatic rings. The summed E-state index contributed by atoms with van der Waals surface area (Å²) in [6, 6.07) is 9.41. The molecule has 1 aliphatic heterocycles. The van der Waals surface area contributed by atoms with Gasteiger partial charge in [0.15, 0.2) is 15.6 Å². The molecule has 27 heavy (non-hydrogen) atoms. The van der Waals surface area contributed by atoms with E-state index in [1.807, 2.05) is 49.6 Å². The maximum atomic E-state index is 13.4. The number of amides is 1. The van der Waals surface area contributed by atoms with Gasteiger partial charge in [-0.15, -0.1) is 11.3 Å². The van der Waals surface area contributed by atoms with Gasteiger partial charge in [-0.2, -0.15) is 0 Å². The fourth-order valence-corrected chi connectivity index (χ4v) is 6.06. The van der Waals surface area contributed by atoms with Crippen molar-refractivity contribution >= 4 is 38.1 Å². The molecule has 0 unspecified atom stereocenters. The number of sulfone groups is 1. The number of benzene rings is 1. The summed E-state index contributed by atoms with van der Waals surface area (Å²) in [5, 5.41) is 2.88. The molecule has 4 rings (SSSR count). The zero-order valence-corrected chi connectivity index (χ0v) is 16.9. The standard InChI is InChI=1S/C20H21NO4S2/c1-13-5-6-18-17(10-13)14(2)19(25-18)20(22)21(11-16-4-3-8-26-16)15-7-9-27(23,24)12-15/h3-6,8,10,15H,7,9,11-12H2,1-2H3/t15-/m0/s1. The molecule has 0 spiro atoms. The number of fused-ring (bicyclic) bond motifs is 1.